The van der Waals surface area contributed by atoms with E-state index in [1.807, 2.05) is 11.0 Å². The number of halogens is 3. The molecule has 1 aromatic carbocycles. The lowest BCUT2D eigenvalue weighted by molar-refractivity contribution is -0.143. The van der Waals surface area contributed by atoms with Gasteiger partial charge < -0.3 is 15.3 Å². The third kappa shape index (κ3) is 9.40. The van der Waals surface area contributed by atoms with Crippen LogP contribution in [0, 0.1) is 34.8 Å². The van der Waals surface area contributed by atoms with Crippen molar-refractivity contribution in [3.8, 4) is 0 Å². The van der Waals surface area contributed by atoms with Crippen molar-refractivity contribution < 1.29 is 13.6 Å². The molecule has 2 fully saturated rings. The molecule has 0 spiro atoms. The number of carbonyl (C=O) groups excluding carboxylic acids is 1. The number of H-pyrrole nitrogens is 1. The minimum atomic E-state index is -0.570. The van der Waals surface area contributed by atoms with E-state index in [1.165, 1.54) is 23.9 Å². The Balaban J connectivity index is 0.000000263. The Morgan fingerprint density at radius 1 is 1.18 bits per heavy atom. The van der Waals surface area contributed by atoms with Crippen LogP contribution in [0.3, 0.4) is 0 Å². The number of likely N-dealkylation sites (tertiary alicyclic amines) is 1. The zero-order valence-electron chi connectivity index (χ0n) is 24.2. The Morgan fingerprint density at radius 2 is 1.82 bits per heavy atom. The average Bonchev–Trinajstić information content (AvgIpc) is 3.52. The van der Waals surface area contributed by atoms with Crippen molar-refractivity contribution in [2.24, 2.45) is 17.8 Å². The standard InChI is InChI=1S/C18H23F2NO.C10H14BrN.C4H9N/c1-3-16-4-5-17(12-8-14(19)10-15(20)9-12)21(16)18(22)13-6-11(2)7-13;1-4-7(2)8(3)9-5-6-10(11)12-9;1-2-3-4-5/h8-11,13,16-17H,3-7H2,1-2H3;5-7,12H,3-4H2,1-2H3;4-5H,2-3H2,1H3. The normalized spacial score (nSPS) is 22.5. The highest BCUT2D eigenvalue weighted by molar-refractivity contribution is 9.10. The Kier molecular flexibility index (Phi) is 13.6. The van der Waals surface area contributed by atoms with Crippen LogP contribution in [0.5, 0.6) is 0 Å². The van der Waals surface area contributed by atoms with Crippen LogP contribution in [0.25, 0.3) is 5.57 Å². The van der Waals surface area contributed by atoms with Crippen molar-refractivity contribution in [1.82, 2.24) is 9.88 Å². The number of unbranched alkanes of at least 4 members (excludes halogenated alkanes) is 1. The van der Waals surface area contributed by atoms with Crippen LogP contribution >= 0.6 is 15.9 Å². The van der Waals surface area contributed by atoms with Gasteiger partial charge >= 0.3 is 0 Å². The van der Waals surface area contributed by atoms with Gasteiger partial charge in [0.25, 0.3) is 0 Å². The maximum absolute atomic E-state index is 13.5. The number of nitrogens with one attached hydrogen (secondary N) is 2. The molecule has 7 heteroatoms. The number of hydrogen-bond acceptors (Lipinski definition) is 2. The van der Waals surface area contributed by atoms with E-state index in [-0.39, 0.29) is 23.9 Å². The maximum Gasteiger partial charge on any atom is 0.226 e. The van der Waals surface area contributed by atoms with Gasteiger partial charge in [-0.1, -0.05) is 47.6 Å². The smallest absolute Gasteiger partial charge is 0.226 e. The molecular formula is C32H46BrF2N3O. The second kappa shape index (κ2) is 16.1. The van der Waals surface area contributed by atoms with E-state index < -0.39 is 11.6 Å². The van der Waals surface area contributed by atoms with Gasteiger partial charge in [-0.3, -0.25) is 4.79 Å². The second-order valence-corrected chi connectivity index (χ2v) is 11.8. The molecule has 1 aromatic heterocycles. The number of nitrogens with zero attached hydrogens (tertiary/aromatic N) is 1. The molecule has 2 aliphatic rings. The molecule has 1 aliphatic carbocycles. The molecular weight excluding hydrogens is 560 g/mol. The van der Waals surface area contributed by atoms with E-state index in [0.717, 1.165) is 67.7 Å². The summed E-state index contributed by atoms with van der Waals surface area (Å²) in [7, 11) is 0. The van der Waals surface area contributed by atoms with Gasteiger partial charge in [0.05, 0.1) is 10.6 Å². The Hall–Kier alpha value is -2.28. The zero-order valence-corrected chi connectivity index (χ0v) is 25.8. The lowest BCUT2D eigenvalue weighted by Crippen LogP contribution is -2.44. The first-order valence-corrected chi connectivity index (χ1v) is 15.2. The number of rotatable bonds is 8. The van der Waals surface area contributed by atoms with Gasteiger partial charge in [0.2, 0.25) is 5.91 Å². The van der Waals surface area contributed by atoms with Gasteiger partial charge in [0.15, 0.2) is 0 Å². The topological polar surface area (TPSA) is 60.0 Å². The van der Waals surface area contributed by atoms with Crippen molar-refractivity contribution in [1.29, 1.82) is 5.41 Å². The molecule has 216 valence electrons. The Morgan fingerprint density at radius 3 is 2.26 bits per heavy atom. The van der Waals surface area contributed by atoms with Gasteiger partial charge in [0.1, 0.15) is 11.6 Å². The van der Waals surface area contributed by atoms with Crippen LogP contribution in [0.4, 0.5) is 8.78 Å². The summed E-state index contributed by atoms with van der Waals surface area (Å²) in [5, 5.41) is 6.48. The number of aromatic nitrogens is 1. The molecule has 0 radical (unpaired) electrons. The molecule has 2 aromatic rings. The average molecular weight is 607 g/mol. The summed E-state index contributed by atoms with van der Waals surface area (Å²) in [6, 6.07) is 7.69. The number of aromatic amines is 1. The van der Waals surface area contributed by atoms with Crippen molar-refractivity contribution in [2.75, 3.05) is 0 Å². The van der Waals surface area contributed by atoms with E-state index in [1.54, 1.807) is 0 Å². The highest BCUT2D eigenvalue weighted by Gasteiger charge is 2.42. The van der Waals surface area contributed by atoms with E-state index >= 15 is 0 Å². The number of hydrogen-bond donors (Lipinski definition) is 2. The fraction of sp³-hybridized carbons (Fsp3) is 0.562. The molecule has 1 saturated carbocycles. The van der Waals surface area contributed by atoms with Crippen LogP contribution < -0.4 is 0 Å². The van der Waals surface area contributed by atoms with Crippen molar-refractivity contribution in [3.05, 3.63) is 64.4 Å². The number of carbonyl (C=O) groups is 1. The van der Waals surface area contributed by atoms with E-state index in [0.29, 0.717) is 17.4 Å². The van der Waals surface area contributed by atoms with Crippen LogP contribution in [0.2, 0.25) is 0 Å². The lowest BCUT2D eigenvalue weighted by Gasteiger charge is -2.39. The molecule has 1 saturated heterocycles. The molecule has 0 bridgehead atoms. The summed E-state index contributed by atoms with van der Waals surface area (Å²) >= 11 is 3.37. The quantitative estimate of drug-likeness (QED) is 0.289. The summed E-state index contributed by atoms with van der Waals surface area (Å²) in [5.74, 6) is 0.302. The minimum Gasteiger partial charge on any atom is -0.350 e. The van der Waals surface area contributed by atoms with Gasteiger partial charge in [-0.2, -0.15) is 0 Å². The first kappa shape index (κ1) is 32.9. The third-order valence-corrected chi connectivity index (χ3v) is 8.32. The molecule has 2 N–H and O–H groups in total. The second-order valence-electron chi connectivity index (χ2n) is 10.9. The number of amides is 1. The predicted octanol–water partition coefficient (Wildman–Crippen LogP) is 9.73. The van der Waals surface area contributed by atoms with Gasteiger partial charge in [-0.15, -0.1) is 0 Å². The van der Waals surface area contributed by atoms with Crippen LogP contribution in [0.1, 0.15) is 103 Å². The summed E-state index contributed by atoms with van der Waals surface area (Å²) < 4.78 is 28.1. The molecule has 39 heavy (non-hydrogen) atoms. The first-order valence-electron chi connectivity index (χ1n) is 14.4. The van der Waals surface area contributed by atoms with Crippen LogP contribution in [-0.4, -0.2) is 28.0 Å². The van der Waals surface area contributed by atoms with Crippen molar-refractivity contribution in [3.63, 3.8) is 0 Å². The van der Waals surface area contributed by atoms with Crippen molar-refractivity contribution >= 4 is 33.6 Å². The summed E-state index contributed by atoms with van der Waals surface area (Å²) in [6.45, 7) is 14.7. The SMILES string of the molecule is C=C(c1ccc(Br)[nH]1)C(C)CC.CCC1CCC(c2cc(F)cc(F)c2)N1C(=O)C1CC(C)C1.CCCC=N. The largest absolute Gasteiger partial charge is 0.350 e. The number of benzene rings is 1. The summed E-state index contributed by atoms with van der Waals surface area (Å²) in [5.41, 5.74) is 2.91. The first-order chi connectivity index (χ1) is 18.6. The summed E-state index contributed by atoms with van der Waals surface area (Å²) in [6.07, 6.45) is 9.07. The highest BCUT2D eigenvalue weighted by Crippen LogP contribution is 2.43. The third-order valence-electron chi connectivity index (χ3n) is 7.86. The molecule has 4 nitrogen and oxygen atoms in total. The molecule has 4 rings (SSSR count). The molecule has 1 amide bonds. The van der Waals surface area contributed by atoms with Crippen LogP contribution in [-0.2, 0) is 4.79 Å². The maximum atomic E-state index is 13.5. The van der Waals surface area contributed by atoms with Crippen molar-refractivity contribution in [2.45, 2.75) is 98.1 Å². The summed E-state index contributed by atoms with van der Waals surface area (Å²) in [4.78, 5) is 18.0. The molecule has 2 heterocycles. The van der Waals surface area contributed by atoms with E-state index in [9.17, 15) is 13.6 Å². The molecule has 3 unspecified atom stereocenters. The zero-order chi connectivity index (χ0) is 29.1. The van der Waals surface area contributed by atoms with Gasteiger partial charge in [0, 0.05) is 23.7 Å². The van der Waals surface area contributed by atoms with E-state index in [2.05, 4.69) is 68.2 Å². The fourth-order valence-electron chi connectivity index (χ4n) is 5.24. The highest BCUT2D eigenvalue weighted by atomic mass is 79.9. The van der Waals surface area contributed by atoms with Gasteiger partial charge in [-0.05, 0) is 114 Å². The fourth-order valence-corrected chi connectivity index (χ4v) is 5.58. The Labute approximate surface area is 242 Å². The monoisotopic (exact) mass is 605 g/mol. The van der Waals surface area contributed by atoms with Gasteiger partial charge in [-0.25, -0.2) is 8.78 Å². The molecule has 3 atom stereocenters. The number of allylic oxidation sites excluding steroid dienone is 1. The van der Waals surface area contributed by atoms with Crippen LogP contribution in [0.15, 0.2) is 41.5 Å². The minimum absolute atomic E-state index is 0.100. The predicted molar refractivity (Wildman–Crippen MR) is 162 cm³/mol. The van der Waals surface area contributed by atoms with E-state index in [4.69, 9.17) is 5.41 Å². The Bertz CT molecular complexity index is 1060. The molecule has 1 aliphatic heterocycles. The lowest BCUT2D eigenvalue weighted by atomic mass is 9.75.